The van der Waals surface area contributed by atoms with E-state index in [4.69, 9.17) is 5.48 Å². The zero-order chi connectivity index (χ0) is 22.1. The average molecular weight is 365 g/mol. The van der Waals surface area contributed by atoms with Gasteiger partial charge in [-0.3, -0.25) is 4.79 Å². The number of carbonyl (C=O) groups is 1. The molecule has 4 saturated carbocycles. The maximum Gasteiger partial charge on any atom is 0.303 e. The van der Waals surface area contributed by atoms with Gasteiger partial charge in [-0.25, -0.2) is 0 Å². The van der Waals surface area contributed by atoms with Crippen LogP contribution >= 0.6 is 0 Å². The van der Waals surface area contributed by atoms with Crippen molar-refractivity contribution in [1.29, 1.82) is 0 Å². The first-order chi connectivity index (χ1) is 13.9. The highest BCUT2D eigenvalue weighted by Crippen LogP contribution is 2.68. The summed E-state index contributed by atoms with van der Waals surface area (Å²) in [5.41, 5.74) is 0.474. The molecule has 0 saturated heterocycles. The van der Waals surface area contributed by atoms with Crippen LogP contribution in [0.2, 0.25) is 0 Å². The second-order valence-electron chi connectivity index (χ2n) is 10.5. The van der Waals surface area contributed by atoms with E-state index in [9.17, 15) is 9.90 Å². The van der Waals surface area contributed by atoms with Crippen LogP contribution in [0.15, 0.2) is 0 Å². The van der Waals surface area contributed by atoms with Gasteiger partial charge in [-0.15, -0.1) is 0 Å². The molecule has 0 aliphatic heterocycles. The van der Waals surface area contributed by atoms with Gasteiger partial charge in [-0.2, -0.15) is 0 Å². The van der Waals surface area contributed by atoms with Crippen LogP contribution in [0.3, 0.4) is 0 Å². The van der Waals surface area contributed by atoms with Crippen molar-refractivity contribution >= 4 is 5.97 Å². The van der Waals surface area contributed by atoms with Gasteiger partial charge in [-0.05, 0) is 104 Å². The van der Waals surface area contributed by atoms with Crippen molar-refractivity contribution in [2.45, 2.75) is 97.7 Å². The van der Waals surface area contributed by atoms with Crippen LogP contribution < -0.4 is 0 Å². The van der Waals surface area contributed by atoms with E-state index < -0.39 is 24.6 Å². The molecule has 26 heavy (non-hydrogen) atoms. The standard InChI is InChI=1S/C24H40O2/c1-16(7-12-22(25)26)19-10-11-20-18-9-8-17-6-4-5-14-23(17,2)21(18)13-15-24(19,20)3/h16-21H,4-15H2,1-3H3,(H,25,26)/t16-,17?,18+,19-,20+,21+,23+,24-/m1/s1/i7D2,12D2. The third-order valence-electron chi connectivity index (χ3n) is 9.67. The minimum atomic E-state index is -2.87. The van der Waals surface area contributed by atoms with Gasteiger partial charge in [0, 0.05) is 11.9 Å². The summed E-state index contributed by atoms with van der Waals surface area (Å²) in [6.45, 7) is 6.65. The van der Waals surface area contributed by atoms with Crippen LogP contribution in [0.5, 0.6) is 0 Å². The van der Waals surface area contributed by atoms with Gasteiger partial charge in [0.05, 0.1) is 0 Å². The first-order valence-electron chi connectivity index (χ1n) is 13.1. The lowest BCUT2D eigenvalue weighted by Gasteiger charge is -2.61. The molecular formula is C24H40O2. The molecular weight excluding hydrogens is 320 g/mol. The minimum absolute atomic E-state index is 0.000377. The summed E-state index contributed by atoms with van der Waals surface area (Å²) in [5, 5.41) is 9.34. The van der Waals surface area contributed by atoms with Gasteiger partial charge in [-0.1, -0.05) is 33.6 Å². The fourth-order valence-corrected chi connectivity index (χ4v) is 8.43. The topological polar surface area (TPSA) is 37.3 Å². The number of hydrogen-bond donors (Lipinski definition) is 1. The Hall–Kier alpha value is -0.530. The maximum atomic E-state index is 11.5. The maximum absolute atomic E-state index is 11.5. The van der Waals surface area contributed by atoms with Crippen LogP contribution in [0.25, 0.3) is 0 Å². The second-order valence-corrected chi connectivity index (χ2v) is 10.5. The summed E-state index contributed by atoms with van der Waals surface area (Å²) in [6.07, 6.45) is 7.20. The van der Waals surface area contributed by atoms with Crippen LogP contribution in [0.1, 0.15) is 103 Å². The summed E-state index contributed by atoms with van der Waals surface area (Å²) in [6, 6.07) is 0. The van der Waals surface area contributed by atoms with Gasteiger partial charge < -0.3 is 5.11 Å². The number of fused-ring (bicyclic) bond motifs is 5. The molecule has 0 amide bonds. The van der Waals surface area contributed by atoms with Crippen molar-refractivity contribution in [2.75, 3.05) is 0 Å². The summed E-state index contributed by atoms with van der Waals surface area (Å²) in [5.74, 6) is 0.695. The van der Waals surface area contributed by atoms with Crippen molar-refractivity contribution < 1.29 is 15.4 Å². The lowest BCUT2D eigenvalue weighted by molar-refractivity contribution is -0.137. The van der Waals surface area contributed by atoms with E-state index in [0.29, 0.717) is 17.3 Å². The molecule has 0 heterocycles. The Balaban J connectivity index is 1.59. The summed E-state index contributed by atoms with van der Waals surface area (Å²) in [7, 11) is 0. The van der Waals surface area contributed by atoms with E-state index in [1.54, 1.807) is 6.92 Å². The van der Waals surface area contributed by atoms with E-state index in [1.807, 2.05) is 0 Å². The van der Waals surface area contributed by atoms with Crippen molar-refractivity contribution in [1.82, 2.24) is 0 Å². The van der Waals surface area contributed by atoms with Crippen molar-refractivity contribution in [3.05, 3.63) is 0 Å². The second kappa shape index (κ2) is 6.82. The number of aliphatic carboxylic acids is 1. The van der Waals surface area contributed by atoms with Crippen molar-refractivity contribution in [2.24, 2.45) is 46.3 Å². The minimum Gasteiger partial charge on any atom is -0.481 e. The van der Waals surface area contributed by atoms with E-state index in [1.165, 1.54) is 44.9 Å². The van der Waals surface area contributed by atoms with Crippen molar-refractivity contribution in [3.8, 4) is 0 Å². The SMILES string of the molecule is [2H]C([2H])(C(=O)O)C([2H])([2H])[C@@H](C)[C@H]1CC[C@H]2[C@@H]3CCC4CCCC[C@]4(C)[C@H]3CC[C@]12C. The predicted molar refractivity (Wildman–Crippen MR) is 106 cm³/mol. The van der Waals surface area contributed by atoms with Gasteiger partial charge in [0.15, 0.2) is 0 Å². The Morgan fingerprint density at radius 3 is 2.58 bits per heavy atom. The molecule has 4 fully saturated rings. The molecule has 8 atom stereocenters. The fraction of sp³-hybridized carbons (Fsp3) is 0.958. The number of carboxylic acids is 1. The third kappa shape index (κ3) is 2.85. The lowest BCUT2D eigenvalue weighted by atomic mass is 9.44. The quantitative estimate of drug-likeness (QED) is 0.615. The zero-order valence-corrected chi connectivity index (χ0v) is 16.9. The van der Waals surface area contributed by atoms with E-state index in [2.05, 4.69) is 13.8 Å². The Bertz CT molecular complexity index is 695. The molecule has 2 heteroatoms. The smallest absolute Gasteiger partial charge is 0.303 e. The molecule has 148 valence electrons. The number of carboxylic acid groups (broad SMARTS) is 1. The molecule has 4 aliphatic rings. The Labute approximate surface area is 166 Å². The normalized spacial score (nSPS) is 52.3. The molecule has 0 radical (unpaired) electrons. The summed E-state index contributed by atoms with van der Waals surface area (Å²) < 4.78 is 32.8. The van der Waals surface area contributed by atoms with Gasteiger partial charge in [0.25, 0.3) is 0 Å². The first kappa shape index (κ1) is 14.5. The lowest BCUT2D eigenvalue weighted by Crippen LogP contribution is -2.53. The Morgan fingerprint density at radius 2 is 1.81 bits per heavy atom. The van der Waals surface area contributed by atoms with Crippen LogP contribution in [0, 0.1) is 46.3 Å². The Kier molecular flexibility index (Phi) is 3.79. The third-order valence-corrected chi connectivity index (χ3v) is 9.67. The molecule has 1 unspecified atom stereocenters. The molecule has 2 nitrogen and oxygen atoms in total. The van der Waals surface area contributed by atoms with E-state index in [0.717, 1.165) is 31.1 Å². The number of rotatable bonds is 4. The summed E-state index contributed by atoms with van der Waals surface area (Å²) in [4.78, 5) is 11.5. The fourth-order valence-electron chi connectivity index (χ4n) is 8.43. The summed E-state index contributed by atoms with van der Waals surface area (Å²) >= 11 is 0. The zero-order valence-electron chi connectivity index (χ0n) is 20.9. The van der Waals surface area contributed by atoms with Crippen LogP contribution in [0.4, 0.5) is 0 Å². The monoisotopic (exact) mass is 364 g/mol. The highest BCUT2D eigenvalue weighted by atomic mass is 16.4. The molecule has 4 aliphatic carbocycles. The number of hydrogen-bond acceptors (Lipinski definition) is 1. The largest absolute Gasteiger partial charge is 0.481 e. The molecule has 4 rings (SSSR count). The van der Waals surface area contributed by atoms with E-state index in [-0.39, 0.29) is 11.3 Å². The molecule has 1 N–H and O–H groups in total. The van der Waals surface area contributed by atoms with Crippen LogP contribution in [-0.2, 0) is 4.79 Å². The van der Waals surface area contributed by atoms with E-state index >= 15 is 0 Å². The predicted octanol–water partition coefficient (Wildman–Crippen LogP) is 6.54. The van der Waals surface area contributed by atoms with Crippen LogP contribution in [-0.4, -0.2) is 11.1 Å². The van der Waals surface area contributed by atoms with Crippen molar-refractivity contribution in [3.63, 3.8) is 0 Å². The highest BCUT2D eigenvalue weighted by Gasteiger charge is 2.60. The Morgan fingerprint density at radius 1 is 1.04 bits per heavy atom. The highest BCUT2D eigenvalue weighted by molar-refractivity contribution is 5.66. The molecule has 0 aromatic heterocycles. The van der Waals surface area contributed by atoms with Gasteiger partial charge in [0.1, 0.15) is 0 Å². The molecule has 0 bridgehead atoms. The van der Waals surface area contributed by atoms with Gasteiger partial charge >= 0.3 is 5.97 Å². The average Bonchev–Trinajstić information content (AvgIpc) is 3.03. The first-order valence-corrected chi connectivity index (χ1v) is 11.1. The molecule has 0 aromatic carbocycles. The molecule has 0 aromatic rings. The molecule has 0 spiro atoms. The van der Waals surface area contributed by atoms with Gasteiger partial charge in [0.2, 0.25) is 0 Å².